The van der Waals surface area contributed by atoms with Gasteiger partial charge in [0.05, 0.1) is 16.0 Å². The predicted molar refractivity (Wildman–Crippen MR) is 70.1 cm³/mol. The zero-order valence-corrected chi connectivity index (χ0v) is 12.2. The standard InChI is InChI=1S/C12H23NO4S/c1-11(2,3)18(15,16)9-4-10(14)12(13)5-7-17-8-6-12/h4-9,13H2,1-3H3. The van der Waals surface area contributed by atoms with Gasteiger partial charge in [0.2, 0.25) is 0 Å². The first-order chi connectivity index (χ1) is 8.08. The van der Waals surface area contributed by atoms with Crippen molar-refractivity contribution in [3.63, 3.8) is 0 Å². The van der Waals surface area contributed by atoms with Gasteiger partial charge in [-0.25, -0.2) is 8.42 Å². The number of ketones is 1. The van der Waals surface area contributed by atoms with Gasteiger partial charge >= 0.3 is 0 Å². The number of carbonyl (C=O) groups excluding carboxylic acids is 1. The maximum absolute atomic E-state index is 12.0. The highest BCUT2D eigenvalue weighted by molar-refractivity contribution is 7.92. The second-order valence-corrected chi connectivity index (χ2v) is 8.74. The van der Waals surface area contributed by atoms with Crippen molar-refractivity contribution in [3.05, 3.63) is 0 Å². The predicted octanol–water partition coefficient (Wildman–Crippen LogP) is 0.667. The Morgan fingerprint density at radius 2 is 1.78 bits per heavy atom. The highest BCUT2D eigenvalue weighted by Crippen LogP contribution is 2.22. The van der Waals surface area contributed by atoms with Gasteiger partial charge in [-0.15, -0.1) is 0 Å². The Morgan fingerprint density at radius 1 is 1.28 bits per heavy atom. The maximum atomic E-state index is 12.0. The lowest BCUT2D eigenvalue weighted by molar-refractivity contribution is -0.127. The van der Waals surface area contributed by atoms with E-state index in [1.165, 1.54) is 0 Å². The average molecular weight is 277 g/mol. The van der Waals surface area contributed by atoms with Crippen LogP contribution in [0.4, 0.5) is 0 Å². The van der Waals surface area contributed by atoms with Gasteiger partial charge < -0.3 is 10.5 Å². The summed E-state index contributed by atoms with van der Waals surface area (Å²) in [5.74, 6) is -0.298. The molecule has 0 bridgehead atoms. The highest BCUT2D eigenvalue weighted by atomic mass is 32.2. The van der Waals surface area contributed by atoms with Gasteiger partial charge in [0.25, 0.3) is 0 Å². The third-order valence-corrected chi connectivity index (χ3v) is 6.08. The first kappa shape index (κ1) is 15.6. The van der Waals surface area contributed by atoms with E-state index in [-0.39, 0.29) is 18.0 Å². The zero-order valence-electron chi connectivity index (χ0n) is 11.4. The maximum Gasteiger partial charge on any atom is 0.155 e. The van der Waals surface area contributed by atoms with Crippen molar-refractivity contribution in [2.24, 2.45) is 5.73 Å². The SMILES string of the molecule is CC(C)(C)S(=O)(=O)CCC(=O)C1(N)CCOCC1. The third kappa shape index (κ3) is 3.52. The van der Waals surface area contributed by atoms with Gasteiger partial charge in [0.1, 0.15) is 0 Å². The summed E-state index contributed by atoms with van der Waals surface area (Å²) in [5.41, 5.74) is 5.12. The summed E-state index contributed by atoms with van der Waals surface area (Å²) in [6.07, 6.45) is 0.943. The summed E-state index contributed by atoms with van der Waals surface area (Å²) in [6.45, 7) is 5.85. The number of Topliss-reactive ketones (excluding diaryl/α,β-unsaturated/α-hetero) is 1. The van der Waals surface area contributed by atoms with Gasteiger partial charge in [0.15, 0.2) is 15.6 Å². The minimum atomic E-state index is -3.27. The molecule has 1 fully saturated rings. The molecule has 106 valence electrons. The van der Waals surface area contributed by atoms with Crippen molar-refractivity contribution >= 4 is 15.6 Å². The zero-order chi connectivity index (χ0) is 14.0. The van der Waals surface area contributed by atoms with Gasteiger partial charge in [-0.3, -0.25) is 4.79 Å². The van der Waals surface area contributed by atoms with Crippen LogP contribution in [0.15, 0.2) is 0 Å². The summed E-state index contributed by atoms with van der Waals surface area (Å²) in [6, 6.07) is 0. The minimum Gasteiger partial charge on any atom is -0.381 e. The van der Waals surface area contributed by atoms with Crippen LogP contribution in [-0.2, 0) is 19.4 Å². The molecule has 2 N–H and O–H groups in total. The Bertz CT molecular complexity index is 402. The molecule has 0 amide bonds. The summed E-state index contributed by atoms with van der Waals surface area (Å²) < 4.78 is 28.2. The molecule has 0 aliphatic carbocycles. The molecule has 1 aliphatic heterocycles. The molecular formula is C12H23NO4S. The Balaban J connectivity index is 2.61. The second-order valence-electron chi connectivity index (χ2n) is 5.87. The van der Waals surface area contributed by atoms with Gasteiger partial charge in [-0.2, -0.15) is 0 Å². The molecule has 5 nitrogen and oxygen atoms in total. The van der Waals surface area contributed by atoms with E-state index in [1.54, 1.807) is 20.8 Å². The van der Waals surface area contributed by atoms with E-state index < -0.39 is 20.1 Å². The first-order valence-electron chi connectivity index (χ1n) is 6.21. The highest BCUT2D eigenvalue weighted by Gasteiger charge is 2.37. The van der Waals surface area contributed by atoms with Crippen LogP contribution in [0, 0.1) is 0 Å². The topological polar surface area (TPSA) is 86.5 Å². The Morgan fingerprint density at radius 3 is 2.22 bits per heavy atom. The van der Waals surface area contributed by atoms with E-state index in [0.29, 0.717) is 26.1 Å². The Kier molecular flexibility index (Phi) is 4.56. The van der Waals surface area contributed by atoms with Crippen LogP contribution in [0.25, 0.3) is 0 Å². The van der Waals surface area contributed by atoms with E-state index in [0.717, 1.165) is 0 Å². The molecule has 0 atom stereocenters. The summed E-state index contributed by atoms with van der Waals surface area (Å²) in [5, 5.41) is 0. The molecule has 6 heteroatoms. The molecule has 0 aromatic carbocycles. The van der Waals surface area contributed by atoms with E-state index in [4.69, 9.17) is 10.5 Å². The van der Waals surface area contributed by atoms with Gasteiger partial charge in [-0.05, 0) is 33.6 Å². The molecule has 1 heterocycles. The monoisotopic (exact) mass is 277 g/mol. The van der Waals surface area contributed by atoms with Crippen LogP contribution in [-0.4, -0.2) is 43.5 Å². The van der Waals surface area contributed by atoms with E-state index >= 15 is 0 Å². The van der Waals surface area contributed by atoms with E-state index in [9.17, 15) is 13.2 Å². The number of nitrogens with two attached hydrogens (primary N) is 1. The first-order valence-corrected chi connectivity index (χ1v) is 7.86. The van der Waals surface area contributed by atoms with E-state index in [2.05, 4.69) is 0 Å². The van der Waals surface area contributed by atoms with Crippen molar-refractivity contribution in [2.75, 3.05) is 19.0 Å². The fourth-order valence-corrected chi connectivity index (χ4v) is 2.86. The fraction of sp³-hybridized carbons (Fsp3) is 0.917. The van der Waals surface area contributed by atoms with Gasteiger partial charge in [0, 0.05) is 19.6 Å². The summed E-state index contributed by atoms with van der Waals surface area (Å²) in [7, 11) is -3.27. The molecule has 1 saturated heterocycles. The number of sulfone groups is 1. The molecule has 0 spiro atoms. The molecule has 0 aromatic heterocycles. The van der Waals surface area contributed by atoms with Crippen LogP contribution in [0.1, 0.15) is 40.0 Å². The van der Waals surface area contributed by atoms with Crippen molar-refractivity contribution in [2.45, 2.75) is 50.3 Å². The largest absolute Gasteiger partial charge is 0.381 e. The molecule has 1 aliphatic rings. The molecule has 0 saturated carbocycles. The number of ether oxygens (including phenoxy) is 1. The lowest BCUT2D eigenvalue weighted by atomic mass is 9.86. The average Bonchev–Trinajstić information content (AvgIpc) is 2.25. The van der Waals surface area contributed by atoms with Crippen LogP contribution < -0.4 is 5.73 Å². The lowest BCUT2D eigenvalue weighted by Gasteiger charge is -2.32. The lowest BCUT2D eigenvalue weighted by Crippen LogP contribution is -2.52. The van der Waals surface area contributed by atoms with Crippen LogP contribution in [0.2, 0.25) is 0 Å². The van der Waals surface area contributed by atoms with Crippen molar-refractivity contribution < 1.29 is 17.9 Å². The van der Waals surface area contributed by atoms with E-state index in [1.807, 2.05) is 0 Å². The number of hydrogen-bond donors (Lipinski definition) is 1. The molecule has 18 heavy (non-hydrogen) atoms. The quantitative estimate of drug-likeness (QED) is 0.816. The molecule has 0 unspecified atom stereocenters. The Labute approximate surface area is 109 Å². The molecule has 1 rings (SSSR count). The fourth-order valence-electron chi connectivity index (χ4n) is 1.80. The third-order valence-electron chi connectivity index (χ3n) is 3.47. The molecular weight excluding hydrogens is 254 g/mol. The Hall–Kier alpha value is -0.460. The number of carbonyl (C=O) groups is 1. The minimum absolute atomic E-state index is 0.00387. The van der Waals surface area contributed by atoms with Crippen LogP contribution >= 0.6 is 0 Å². The summed E-state index contributed by atoms with van der Waals surface area (Å²) >= 11 is 0. The summed E-state index contributed by atoms with van der Waals surface area (Å²) in [4.78, 5) is 12.0. The number of rotatable bonds is 4. The molecule has 0 radical (unpaired) electrons. The second kappa shape index (κ2) is 5.27. The molecule has 0 aromatic rings. The van der Waals surface area contributed by atoms with Crippen molar-refractivity contribution in [1.82, 2.24) is 0 Å². The normalized spacial score (nSPS) is 20.7. The smallest absolute Gasteiger partial charge is 0.155 e. The van der Waals surface area contributed by atoms with Gasteiger partial charge in [-0.1, -0.05) is 0 Å². The van der Waals surface area contributed by atoms with Crippen molar-refractivity contribution in [1.29, 1.82) is 0 Å². The van der Waals surface area contributed by atoms with Crippen LogP contribution in [0.5, 0.6) is 0 Å². The van der Waals surface area contributed by atoms with Crippen LogP contribution in [0.3, 0.4) is 0 Å². The van der Waals surface area contributed by atoms with Crippen molar-refractivity contribution in [3.8, 4) is 0 Å². The number of hydrogen-bond acceptors (Lipinski definition) is 5.